The van der Waals surface area contributed by atoms with Gasteiger partial charge in [0.15, 0.2) is 6.61 Å². The number of para-hydroxylation sites is 1. The number of anilines is 2. The van der Waals surface area contributed by atoms with Crippen LogP contribution >= 0.6 is 15.9 Å². The van der Waals surface area contributed by atoms with Crippen molar-refractivity contribution in [1.82, 2.24) is 5.32 Å². The second kappa shape index (κ2) is 11.0. The molecule has 0 aromatic heterocycles. The van der Waals surface area contributed by atoms with Gasteiger partial charge in [-0.05, 0) is 48.5 Å². The molecule has 1 aliphatic rings. The third kappa shape index (κ3) is 5.73. The highest BCUT2D eigenvalue weighted by Crippen LogP contribution is 2.29. The van der Waals surface area contributed by atoms with Crippen LogP contribution < -0.4 is 20.3 Å². The molecule has 0 atom stereocenters. The summed E-state index contributed by atoms with van der Waals surface area (Å²) in [5.41, 5.74) is -0.483. The molecule has 0 spiro atoms. The Balaban J connectivity index is 1.59. The van der Waals surface area contributed by atoms with Crippen LogP contribution in [0.4, 0.5) is 26.2 Å². The maximum atomic E-state index is 13.8. The fourth-order valence-electron chi connectivity index (χ4n) is 3.43. The van der Waals surface area contributed by atoms with Gasteiger partial charge >= 0.3 is 6.03 Å². The summed E-state index contributed by atoms with van der Waals surface area (Å²) in [5, 5.41) is 15.3. The Labute approximate surface area is 222 Å². The summed E-state index contributed by atoms with van der Waals surface area (Å²) in [6.07, 6.45) is 1.18. The van der Waals surface area contributed by atoms with Gasteiger partial charge in [-0.1, -0.05) is 28.1 Å². The third-order valence-electron chi connectivity index (χ3n) is 5.20. The highest BCUT2D eigenvalue weighted by atomic mass is 79.9. The number of urea groups is 1. The topological polar surface area (TPSA) is 148 Å². The first-order valence-electron chi connectivity index (χ1n) is 10.8. The van der Waals surface area contributed by atoms with Gasteiger partial charge in [0.05, 0.1) is 16.3 Å². The second-order valence-electron chi connectivity index (χ2n) is 7.73. The van der Waals surface area contributed by atoms with Gasteiger partial charge in [0.2, 0.25) is 0 Å². The van der Waals surface area contributed by atoms with E-state index in [0.717, 1.165) is 12.1 Å². The molecule has 13 heteroatoms. The van der Waals surface area contributed by atoms with Gasteiger partial charge in [0.1, 0.15) is 17.1 Å². The van der Waals surface area contributed by atoms with Crippen molar-refractivity contribution in [2.75, 3.05) is 16.8 Å². The van der Waals surface area contributed by atoms with Gasteiger partial charge in [0.25, 0.3) is 23.4 Å². The summed E-state index contributed by atoms with van der Waals surface area (Å²) in [4.78, 5) is 61.3. The maximum Gasteiger partial charge on any atom is 0.335 e. The standard InChI is InChI=1S/C25H16BrFN4O7/c26-15-5-10-21(38-13-22(32)28-20-4-2-1-3-19(20)27)14(11-15)12-18-23(33)29-25(35)30(24(18)34)16-6-8-17(9-7-16)31(36)37/h1-12H,13H2,(H,28,32)(H,29,33,35)/b18-12-. The molecule has 5 amide bonds. The van der Waals surface area contributed by atoms with Gasteiger partial charge in [-0.25, -0.2) is 14.1 Å². The minimum Gasteiger partial charge on any atom is -0.483 e. The number of amides is 5. The molecule has 1 fully saturated rings. The number of barbiturate groups is 1. The number of carbonyl (C=O) groups is 4. The van der Waals surface area contributed by atoms with Gasteiger partial charge in [-0.15, -0.1) is 0 Å². The summed E-state index contributed by atoms with van der Waals surface area (Å²) in [6.45, 7) is -0.514. The van der Waals surface area contributed by atoms with Crippen LogP contribution in [0.25, 0.3) is 6.08 Å². The molecule has 3 aromatic carbocycles. The minimum atomic E-state index is -1.03. The number of nitrogens with zero attached hydrogens (tertiary/aromatic N) is 2. The van der Waals surface area contributed by atoms with Crippen LogP contribution in [0.2, 0.25) is 0 Å². The number of nitro groups is 1. The van der Waals surface area contributed by atoms with E-state index in [1.165, 1.54) is 48.5 Å². The average Bonchev–Trinajstić information content (AvgIpc) is 2.87. The lowest BCUT2D eigenvalue weighted by Crippen LogP contribution is -2.54. The fourth-order valence-corrected chi connectivity index (χ4v) is 3.81. The van der Waals surface area contributed by atoms with Crippen LogP contribution in [0.15, 0.2) is 76.8 Å². The number of nitro benzene ring substituents is 1. The van der Waals surface area contributed by atoms with Crippen LogP contribution in [-0.2, 0) is 14.4 Å². The molecule has 2 N–H and O–H groups in total. The van der Waals surface area contributed by atoms with Crippen LogP contribution in [0.1, 0.15) is 5.56 Å². The Morgan fingerprint density at radius 3 is 2.50 bits per heavy atom. The van der Waals surface area contributed by atoms with Crippen molar-refractivity contribution >= 4 is 62.8 Å². The van der Waals surface area contributed by atoms with E-state index in [2.05, 4.69) is 26.6 Å². The molecule has 1 saturated heterocycles. The Hall–Kier alpha value is -4.91. The van der Waals surface area contributed by atoms with Crippen molar-refractivity contribution < 1.29 is 33.2 Å². The Morgan fingerprint density at radius 1 is 1.11 bits per heavy atom. The smallest absolute Gasteiger partial charge is 0.335 e. The number of imide groups is 2. The Bertz CT molecular complexity index is 1510. The minimum absolute atomic E-state index is 0.00651. The van der Waals surface area contributed by atoms with Crippen molar-refractivity contribution in [2.45, 2.75) is 0 Å². The number of benzene rings is 3. The van der Waals surface area contributed by atoms with E-state index in [4.69, 9.17) is 4.74 Å². The quantitative estimate of drug-likeness (QED) is 0.184. The largest absolute Gasteiger partial charge is 0.483 e. The molecule has 11 nitrogen and oxygen atoms in total. The molecule has 4 rings (SSSR count). The molecule has 192 valence electrons. The molecule has 0 aliphatic carbocycles. The maximum absolute atomic E-state index is 13.8. The molecule has 1 heterocycles. The van der Waals surface area contributed by atoms with Crippen LogP contribution in [0, 0.1) is 15.9 Å². The monoisotopic (exact) mass is 582 g/mol. The number of hydrogen-bond donors (Lipinski definition) is 2. The van der Waals surface area contributed by atoms with E-state index in [9.17, 15) is 33.7 Å². The van der Waals surface area contributed by atoms with Crippen molar-refractivity contribution in [1.29, 1.82) is 0 Å². The number of carbonyl (C=O) groups excluding carboxylic acids is 4. The van der Waals surface area contributed by atoms with E-state index in [1.54, 1.807) is 12.1 Å². The zero-order valence-corrected chi connectivity index (χ0v) is 20.7. The highest BCUT2D eigenvalue weighted by molar-refractivity contribution is 9.10. The predicted octanol–water partition coefficient (Wildman–Crippen LogP) is 4.18. The summed E-state index contributed by atoms with van der Waals surface area (Å²) in [7, 11) is 0. The first kappa shape index (κ1) is 26.2. The van der Waals surface area contributed by atoms with Crippen molar-refractivity contribution in [2.24, 2.45) is 0 Å². The number of halogens is 2. The molecule has 0 unspecified atom stereocenters. The molecule has 1 aliphatic heterocycles. The molecule has 38 heavy (non-hydrogen) atoms. The number of nitrogens with one attached hydrogen (secondary N) is 2. The van der Waals surface area contributed by atoms with Crippen LogP contribution in [0.3, 0.4) is 0 Å². The average molecular weight is 583 g/mol. The lowest BCUT2D eigenvalue weighted by Gasteiger charge is -2.26. The second-order valence-corrected chi connectivity index (χ2v) is 8.65. The summed E-state index contributed by atoms with van der Waals surface area (Å²) in [6, 6.07) is 13.8. The van der Waals surface area contributed by atoms with Gasteiger partial charge in [-0.2, -0.15) is 0 Å². The Morgan fingerprint density at radius 2 is 1.82 bits per heavy atom. The first-order valence-corrected chi connectivity index (χ1v) is 11.6. The van der Waals surface area contributed by atoms with Gasteiger partial charge in [0, 0.05) is 22.2 Å². The highest BCUT2D eigenvalue weighted by Gasteiger charge is 2.37. The summed E-state index contributed by atoms with van der Waals surface area (Å²) < 4.78 is 19.9. The van der Waals surface area contributed by atoms with E-state index in [1.807, 2.05) is 0 Å². The Kier molecular flexibility index (Phi) is 7.58. The summed E-state index contributed by atoms with van der Waals surface area (Å²) >= 11 is 3.29. The predicted molar refractivity (Wildman–Crippen MR) is 137 cm³/mol. The van der Waals surface area contributed by atoms with Crippen LogP contribution in [-0.4, -0.2) is 35.3 Å². The lowest BCUT2D eigenvalue weighted by atomic mass is 10.1. The number of hydrogen-bond acceptors (Lipinski definition) is 7. The third-order valence-corrected chi connectivity index (χ3v) is 5.69. The number of non-ortho nitro benzene ring substituents is 1. The van der Waals surface area contributed by atoms with Crippen molar-refractivity contribution in [3.8, 4) is 5.75 Å². The fraction of sp³-hybridized carbons (Fsp3) is 0.0400. The SMILES string of the molecule is O=C(COc1ccc(Br)cc1/C=C1/C(=O)NC(=O)N(c2ccc([N+](=O)[O-])cc2)C1=O)Nc1ccccc1F. The molecular formula is C25H16BrFN4O7. The van der Waals surface area contributed by atoms with Crippen molar-refractivity contribution in [3.05, 3.63) is 98.3 Å². The molecule has 3 aromatic rings. The van der Waals surface area contributed by atoms with E-state index in [-0.39, 0.29) is 28.4 Å². The summed E-state index contributed by atoms with van der Waals surface area (Å²) in [5.74, 6) is -3.11. The van der Waals surface area contributed by atoms with E-state index in [0.29, 0.717) is 9.37 Å². The molecular weight excluding hydrogens is 567 g/mol. The first-order chi connectivity index (χ1) is 18.1. The zero-order valence-electron chi connectivity index (χ0n) is 19.1. The van der Waals surface area contributed by atoms with Crippen molar-refractivity contribution in [3.63, 3.8) is 0 Å². The van der Waals surface area contributed by atoms with E-state index >= 15 is 0 Å². The number of rotatable bonds is 7. The number of ether oxygens (including phenoxy) is 1. The van der Waals surface area contributed by atoms with Gasteiger partial charge < -0.3 is 10.1 Å². The molecule has 0 saturated carbocycles. The molecule has 0 radical (unpaired) electrons. The van der Waals surface area contributed by atoms with Crippen LogP contribution in [0.5, 0.6) is 5.75 Å². The van der Waals surface area contributed by atoms with E-state index < -0.39 is 46.7 Å². The zero-order chi connectivity index (χ0) is 27.4. The lowest BCUT2D eigenvalue weighted by molar-refractivity contribution is -0.384. The van der Waals surface area contributed by atoms with Gasteiger partial charge in [-0.3, -0.25) is 29.8 Å². The normalized spacial score (nSPS) is 14.3. The molecule has 0 bridgehead atoms.